The highest BCUT2D eigenvalue weighted by Crippen LogP contribution is 2.67. The molecule has 9 heteroatoms. The minimum absolute atomic E-state index is 0.184. The first-order valence-electron chi connectivity index (χ1n) is 10.3. The predicted octanol–water partition coefficient (Wildman–Crippen LogP) is 3.39. The Kier molecular flexibility index (Phi) is 5.75. The van der Waals surface area contributed by atoms with E-state index < -0.39 is 43.2 Å². The monoisotopic (exact) mass is 460 g/mol. The maximum Gasteiger partial charge on any atom is 0.351 e. The summed E-state index contributed by atoms with van der Waals surface area (Å²) in [6.07, 6.45) is -1.40. The Labute approximate surface area is 185 Å². The van der Waals surface area contributed by atoms with Crippen molar-refractivity contribution >= 4 is 19.5 Å². The number of fused-ring (bicyclic) bond motifs is 1. The van der Waals surface area contributed by atoms with Gasteiger partial charge >= 0.3 is 19.5 Å². The Balaban J connectivity index is 1.65. The number of hydrogen-bond acceptors (Lipinski definition) is 6. The Hall–Kier alpha value is -2.51. The van der Waals surface area contributed by atoms with Crippen molar-refractivity contribution < 1.29 is 38.2 Å². The van der Waals surface area contributed by atoms with Gasteiger partial charge in [-0.05, 0) is 37.6 Å². The maximum atomic E-state index is 12.9. The molecule has 2 aromatic rings. The lowest BCUT2D eigenvalue weighted by atomic mass is 9.87. The number of hydrogen-bond donors (Lipinski definition) is 2. The van der Waals surface area contributed by atoms with Crippen LogP contribution in [0.3, 0.4) is 0 Å². The molecule has 2 aromatic carbocycles. The van der Waals surface area contributed by atoms with E-state index in [-0.39, 0.29) is 11.8 Å². The van der Waals surface area contributed by atoms with Gasteiger partial charge in [0.1, 0.15) is 11.9 Å². The molecule has 2 N–H and O–H groups in total. The van der Waals surface area contributed by atoms with Crippen LogP contribution in [0.1, 0.15) is 41.0 Å². The normalized spacial score (nSPS) is 30.9. The van der Waals surface area contributed by atoms with Crippen molar-refractivity contribution in [1.82, 2.24) is 0 Å². The topological polar surface area (TPSA) is 119 Å². The van der Waals surface area contributed by atoms with Gasteiger partial charge in [0.05, 0.1) is 11.1 Å². The molecule has 5 atom stereocenters. The molecule has 0 radical (unpaired) electrons. The van der Waals surface area contributed by atoms with Crippen LogP contribution in [0.15, 0.2) is 60.7 Å². The summed E-state index contributed by atoms with van der Waals surface area (Å²) in [6.45, 7) is 3.54. The molecule has 2 aliphatic carbocycles. The van der Waals surface area contributed by atoms with Gasteiger partial charge in [-0.25, -0.2) is 9.59 Å². The Bertz CT molecular complexity index is 1050. The molecule has 5 unspecified atom stereocenters. The van der Waals surface area contributed by atoms with Gasteiger partial charge in [0.2, 0.25) is 0 Å². The van der Waals surface area contributed by atoms with Crippen LogP contribution in [-0.4, -0.2) is 45.4 Å². The molecule has 8 nitrogen and oxygen atoms in total. The lowest BCUT2D eigenvalue weighted by molar-refractivity contribution is -0.138. The lowest BCUT2D eigenvalue weighted by Gasteiger charge is -2.38. The van der Waals surface area contributed by atoms with Crippen molar-refractivity contribution in [2.24, 2.45) is 11.8 Å². The van der Waals surface area contributed by atoms with E-state index in [1.165, 1.54) is 0 Å². The smallest absolute Gasteiger partial charge is 0.351 e. The van der Waals surface area contributed by atoms with Crippen molar-refractivity contribution in [3.63, 3.8) is 0 Å². The van der Waals surface area contributed by atoms with Crippen LogP contribution in [0, 0.1) is 11.8 Å². The first-order valence-corrected chi connectivity index (χ1v) is 12.1. The largest absolute Gasteiger partial charge is 0.451 e. The zero-order valence-corrected chi connectivity index (χ0v) is 18.6. The second kappa shape index (κ2) is 8.12. The highest BCUT2D eigenvalue weighted by atomic mass is 31.2. The molecule has 0 aromatic heterocycles. The Morgan fingerprint density at radius 2 is 1.53 bits per heavy atom. The summed E-state index contributed by atoms with van der Waals surface area (Å²) in [5.41, 5.74) is -1.72. The number of ether oxygens (including phenoxy) is 3. The molecule has 0 aliphatic heterocycles. The molecule has 2 aliphatic rings. The summed E-state index contributed by atoms with van der Waals surface area (Å²) >= 11 is 0. The number of carbonyl (C=O) groups is 2. The van der Waals surface area contributed by atoms with Crippen LogP contribution in [0.25, 0.3) is 0 Å². The first kappa shape index (κ1) is 22.7. The average Bonchev–Trinajstić information content (AvgIpc) is 3.47. The van der Waals surface area contributed by atoms with E-state index in [2.05, 4.69) is 0 Å². The van der Waals surface area contributed by atoms with Crippen LogP contribution < -0.4 is 0 Å². The van der Waals surface area contributed by atoms with Crippen LogP contribution in [0.5, 0.6) is 0 Å². The summed E-state index contributed by atoms with van der Waals surface area (Å²) in [6, 6.07) is 16.8. The number of esters is 2. The van der Waals surface area contributed by atoms with Gasteiger partial charge in [0, 0.05) is 11.8 Å². The number of benzene rings is 2. The van der Waals surface area contributed by atoms with E-state index in [4.69, 9.17) is 14.2 Å². The second-order valence-electron chi connectivity index (χ2n) is 8.58. The van der Waals surface area contributed by atoms with E-state index in [0.717, 1.165) is 0 Å². The standard InChI is InChI=1S/C23H25O8P/c1-15-18-13-23(18,29-14-32(26,27)28)21(30-19(24)16-9-5-3-6-10-16)22(15,2)31-20(25)17-11-7-4-8-12-17/h3-12,15,18,21H,13-14H2,1-2H3,(H2,26,27,28). The number of carbonyl (C=O) groups excluding carboxylic acids is 2. The van der Waals surface area contributed by atoms with Crippen LogP contribution in [0.2, 0.25) is 0 Å². The highest BCUT2D eigenvalue weighted by Gasteiger charge is 2.79. The third kappa shape index (κ3) is 4.11. The Morgan fingerprint density at radius 3 is 2.06 bits per heavy atom. The molecule has 0 amide bonds. The zero-order chi connectivity index (χ0) is 23.1. The minimum Gasteiger partial charge on any atom is -0.451 e. The summed E-state index contributed by atoms with van der Waals surface area (Å²) in [5.74, 6) is -1.67. The minimum atomic E-state index is -4.46. The molecular weight excluding hydrogens is 435 g/mol. The third-order valence-corrected chi connectivity index (χ3v) is 7.00. The van der Waals surface area contributed by atoms with Gasteiger partial charge in [0.15, 0.2) is 11.7 Å². The van der Waals surface area contributed by atoms with Gasteiger partial charge < -0.3 is 24.0 Å². The quantitative estimate of drug-likeness (QED) is 0.477. The van der Waals surface area contributed by atoms with Gasteiger partial charge in [-0.15, -0.1) is 0 Å². The molecule has 2 saturated carbocycles. The maximum absolute atomic E-state index is 12.9. The average molecular weight is 460 g/mol. The van der Waals surface area contributed by atoms with Crippen molar-refractivity contribution in [3.05, 3.63) is 71.8 Å². The van der Waals surface area contributed by atoms with Crippen molar-refractivity contribution in [2.75, 3.05) is 6.35 Å². The van der Waals surface area contributed by atoms with Crippen LogP contribution in [-0.2, 0) is 18.8 Å². The fourth-order valence-corrected chi connectivity index (χ4v) is 5.11. The highest BCUT2D eigenvalue weighted by molar-refractivity contribution is 7.51. The van der Waals surface area contributed by atoms with E-state index in [9.17, 15) is 23.9 Å². The molecule has 0 spiro atoms. The lowest BCUT2D eigenvalue weighted by Crippen LogP contribution is -2.52. The summed E-state index contributed by atoms with van der Waals surface area (Å²) < 4.78 is 28.9. The molecular formula is C23H25O8P. The van der Waals surface area contributed by atoms with Gasteiger partial charge in [0.25, 0.3) is 0 Å². The molecule has 170 valence electrons. The van der Waals surface area contributed by atoms with Crippen LogP contribution in [0.4, 0.5) is 0 Å². The summed E-state index contributed by atoms with van der Waals surface area (Å²) in [5, 5.41) is 0. The third-order valence-electron chi connectivity index (χ3n) is 6.54. The van der Waals surface area contributed by atoms with Crippen molar-refractivity contribution in [1.29, 1.82) is 0 Å². The molecule has 4 rings (SSSR count). The summed E-state index contributed by atoms with van der Waals surface area (Å²) in [4.78, 5) is 44.4. The van der Waals surface area contributed by atoms with E-state index >= 15 is 0 Å². The predicted molar refractivity (Wildman–Crippen MR) is 114 cm³/mol. The van der Waals surface area contributed by atoms with Gasteiger partial charge in [-0.2, -0.15) is 0 Å². The molecule has 2 fully saturated rings. The van der Waals surface area contributed by atoms with E-state index in [1.54, 1.807) is 67.6 Å². The molecule has 0 saturated heterocycles. The van der Waals surface area contributed by atoms with E-state index in [1.807, 2.05) is 6.92 Å². The zero-order valence-electron chi connectivity index (χ0n) is 17.7. The number of rotatable bonds is 7. The summed E-state index contributed by atoms with van der Waals surface area (Å²) in [7, 11) is -4.46. The van der Waals surface area contributed by atoms with E-state index in [0.29, 0.717) is 17.5 Å². The van der Waals surface area contributed by atoms with Crippen LogP contribution >= 0.6 is 7.60 Å². The molecule has 0 bridgehead atoms. The van der Waals surface area contributed by atoms with Gasteiger partial charge in [-0.1, -0.05) is 43.3 Å². The first-order chi connectivity index (χ1) is 15.1. The molecule has 0 heterocycles. The fourth-order valence-electron chi connectivity index (χ4n) is 4.70. The fraction of sp³-hybridized carbons (Fsp3) is 0.391. The Morgan fingerprint density at radius 1 is 1.00 bits per heavy atom. The van der Waals surface area contributed by atoms with Crippen molar-refractivity contribution in [2.45, 2.75) is 37.6 Å². The molecule has 32 heavy (non-hydrogen) atoms. The SMILES string of the molecule is CC1C2CC2(OCP(=O)(O)O)C(OC(=O)c2ccccc2)C1(C)OC(=O)c1ccccc1. The van der Waals surface area contributed by atoms with Gasteiger partial charge in [-0.3, -0.25) is 4.57 Å². The van der Waals surface area contributed by atoms with Crippen molar-refractivity contribution in [3.8, 4) is 0 Å². The second-order valence-corrected chi connectivity index (χ2v) is 10.2.